The van der Waals surface area contributed by atoms with Crippen molar-refractivity contribution < 1.29 is 12.8 Å². The van der Waals surface area contributed by atoms with Crippen molar-refractivity contribution in [3.05, 3.63) is 72.5 Å². The van der Waals surface area contributed by atoms with E-state index in [2.05, 4.69) is 4.98 Å². The van der Waals surface area contributed by atoms with Crippen molar-refractivity contribution >= 4 is 31.6 Å². The number of H-pyrrole nitrogens is 1. The molecular formula is C18H12FNO2S. The Hall–Kier alpha value is -2.66. The average Bonchev–Trinajstić information content (AvgIpc) is 2.93. The highest BCUT2D eigenvalue weighted by molar-refractivity contribution is 7.91. The van der Waals surface area contributed by atoms with Crippen molar-refractivity contribution in [2.45, 2.75) is 9.79 Å². The molecule has 1 heterocycles. The Morgan fingerprint density at radius 1 is 0.739 bits per heavy atom. The van der Waals surface area contributed by atoms with Gasteiger partial charge in [-0.3, -0.25) is 0 Å². The van der Waals surface area contributed by atoms with E-state index in [1.165, 1.54) is 12.1 Å². The zero-order valence-electron chi connectivity index (χ0n) is 12.0. The molecule has 0 saturated heterocycles. The van der Waals surface area contributed by atoms with Crippen LogP contribution in [0.15, 0.2) is 76.5 Å². The van der Waals surface area contributed by atoms with Gasteiger partial charge in [0.25, 0.3) is 0 Å². The third-order valence-electron chi connectivity index (χ3n) is 3.91. The molecule has 4 aromatic rings. The summed E-state index contributed by atoms with van der Waals surface area (Å²) < 4.78 is 38.4. The summed E-state index contributed by atoms with van der Waals surface area (Å²) in [5.74, 6) is -0.462. The first-order chi connectivity index (χ1) is 11.1. The number of fused-ring (bicyclic) bond motifs is 3. The second-order valence-electron chi connectivity index (χ2n) is 5.34. The summed E-state index contributed by atoms with van der Waals surface area (Å²) in [7, 11) is -3.67. The summed E-state index contributed by atoms with van der Waals surface area (Å²) in [5, 5.41) is 1.82. The lowest BCUT2D eigenvalue weighted by Gasteiger charge is -2.05. The molecule has 0 amide bonds. The van der Waals surface area contributed by atoms with Gasteiger partial charge < -0.3 is 4.98 Å². The van der Waals surface area contributed by atoms with Crippen LogP contribution in [-0.2, 0) is 9.84 Å². The molecule has 4 rings (SSSR count). The van der Waals surface area contributed by atoms with Crippen molar-refractivity contribution in [3.8, 4) is 0 Å². The van der Waals surface area contributed by atoms with Crippen molar-refractivity contribution in [3.63, 3.8) is 0 Å². The molecule has 0 spiro atoms. The van der Waals surface area contributed by atoms with E-state index in [0.717, 1.165) is 33.9 Å². The Labute approximate surface area is 132 Å². The van der Waals surface area contributed by atoms with Crippen LogP contribution in [0, 0.1) is 5.82 Å². The van der Waals surface area contributed by atoms with E-state index in [1.807, 2.05) is 24.3 Å². The molecule has 0 unspecified atom stereocenters. The third kappa shape index (κ3) is 2.21. The first-order valence-electron chi connectivity index (χ1n) is 7.07. The lowest BCUT2D eigenvalue weighted by molar-refractivity contribution is 0.595. The van der Waals surface area contributed by atoms with Crippen molar-refractivity contribution in [2.24, 2.45) is 0 Å². The predicted octanol–water partition coefficient (Wildman–Crippen LogP) is 4.29. The Balaban J connectivity index is 1.94. The van der Waals surface area contributed by atoms with Crippen LogP contribution in [0.2, 0.25) is 0 Å². The molecule has 3 nitrogen and oxygen atoms in total. The molecule has 5 heteroatoms. The lowest BCUT2D eigenvalue weighted by Crippen LogP contribution is -2.01. The van der Waals surface area contributed by atoms with Gasteiger partial charge in [-0.2, -0.15) is 0 Å². The van der Waals surface area contributed by atoms with Crippen LogP contribution in [0.5, 0.6) is 0 Å². The van der Waals surface area contributed by atoms with Gasteiger partial charge >= 0.3 is 0 Å². The van der Waals surface area contributed by atoms with Crippen molar-refractivity contribution in [2.75, 3.05) is 0 Å². The van der Waals surface area contributed by atoms with Crippen LogP contribution in [0.25, 0.3) is 21.8 Å². The molecule has 0 fully saturated rings. The molecule has 3 aromatic carbocycles. The molecule has 0 radical (unpaired) electrons. The van der Waals surface area contributed by atoms with Gasteiger partial charge in [-0.25, -0.2) is 12.8 Å². The van der Waals surface area contributed by atoms with E-state index in [0.29, 0.717) is 0 Å². The van der Waals surface area contributed by atoms with Crippen molar-refractivity contribution in [1.82, 2.24) is 4.98 Å². The van der Waals surface area contributed by atoms with E-state index in [4.69, 9.17) is 0 Å². The zero-order chi connectivity index (χ0) is 16.0. The Morgan fingerprint density at radius 2 is 1.39 bits per heavy atom. The van der Waals surface area contributed by atoms with Gasteiger partial charge in [0.15, 0.2) is 0 Å². The molecule has 114 valence electrons. The maximum Gasteiger partial charge on any atom is 0.206 e. The summed E-state index contributed by atoms with van der Waals surface area (Å²) in [6.45, 7) is 0. The minimum Gasteiger partial charge on any atom is -0.355 e. The third-order valence-corrected chi connectivity index (χ3v) is 5.68. The lowest BCUT2D eigenvalue weighted by atomic mass is 10.1. The van der Waals surface area contributed by atoms with Crippen LogP contribution >= 0.6 is 0 Å². The summed E-state index contributed by atoms with van der Waals surface area (Å²) in [4.78, 5) is 3.54. The molecule has 0 bridgehead atoms. The molecule has 0 aliphatic carbocycles. The smallest absolute Gasteiger partial charge is 0.206 e. The minimum atomic E-state index is -3.67. The number of aromatic amines is 1. The molecule has 0 aliphatic rings. The first-order valence-corrected chi connectivity index (χ1v) is 8.55. The number of hydrogen-bond donors (Lipinski definition) is 1. The summed E-state index contributed by atoms with van der Waals surface area (Å²) in [6, 6.07) is 17.6. The number of halogens is 1. The summed E-state index contributed by atoms with van der Waals surface area (Å²) in [5.41, 5.74) is 1.84. The number of rotatable bonds is 2. The van der Waals surface area contributed by atoms with Gasteiger partial charge in [0, 0.05) is 21.8 Å². The Bertz CT molecular complexity index is 1130. The second kappa shape index (κ2) is 4.93. The standard InChI is InChI=1S/C18H12FNO2S/c19-12-5-7-13(8-6-12)23(21,22)14-9-10-18-16(11-14)15-3-1-2-4-17(15)20-18/h1-11,20H. The molecule has 1 N–H and O–H groups in total. The van der Waals surface area contributed by atoms with Gasteiger partial charge in [-0.1, -0.05) is 18.2 Å². The van der Waals surface area contributed by atoms with Crippen LogP contribution < -0.4 is 0 Å². The van der Waals surface area contributed by atoms with Crippen LogP contribution in [0.1, 0.15) is 0 Å². The number of para-hydroxylation sites is 1. The number of aromatic nitrogens is 1. The van der Waals surface area contributed by atoms with Crippen LogP contribution in [0.3, 0.4) is 0 Å². The predicted molar refractivity (Wildman–Crippen MR) is 87.7 cm³/mol. The SMILES string of the molecule is O=S(=O)(c1ccc(F)cc1)c1ccc2[nH]c3ccccc3c2c1. The average molecular weight is 325 g/mol. The maximum atomic E-state index is 13.0. The van der Waals surface area contributed by atoms with E-state index in [1.54, 1.807) is 18.2 Å². The van der Waals surface area contributed by atoms with E-state index in [9.17, 15) is 12.8 Å². The number of hydrogen-bond acceptors (Lipinski definition) is 2. The van der Waals surface area contributed by atoms with Crippen molar-refractivity contribution in [1.29, 1.82) is 0 Å². The van der Waals surface area contributed by atoms with E-state index >= 15 is 0 Å². The molecule has 0 aliphatic heterocycles. The molecule has 23 heavy (non-hydrogen) atoms. The van der Waals surface area contributed by atoms with Crippen LogP contribution in [-0.4, -0.2) is 13.4 Å². The number of benzene rings is 3. The topological polar surface area (TPSA) is 49.9 Å². The fourth-order valence-corrected chi connectivity index (χ4v) is 4.03. The Kier molecular flexibility index (Phi) is 2.99. The second-order valence-corrected chi connectivity index (χ2v) is 7.29. The molecule has 0 saturated carbocycles. The monoisotopic (exact) mass is 325 g/mol. The molecule has 1 aromatic heterocycles. The minimum absolute atomic E-state index is 0.0816. The van der Waals surface area contributed by atoms with Gasteiger partial charge in [-0.15, -0.1) is 0 Å². The fraction of sp³-hybridized carbons (Fsp3) is 0. The fourth-order valence-electron chi connectivity index (χ4n) is 2.74. The number of nitrogens with one attached hydrogen (secondary N) is 1. The maximum absolute atomic E-state index is 13.0. The highest BCUT2D eigenvalue weighted by Crippen LogP contribution is 2.29. The number of sulfone groups is 1. The quantitative estimate of drug-likeness (QED) is 0.559. The highest BCUT2D eigenvalue weighted by Gasteiger charge is 2.18. The van der Waals surface area contributed by atoms with Gasteiger partial charge in [-0.05, 0) is 48.5 Å². The molecular weight excluding hydrogens is 313 g/mol. The largest absolute Gasteiger partial charge is 0.355 e. The summed E-state index contributed by atoms with van der Waals surface area (Å²) in [6.07, 6.45) is 0. The van der Waals surface area contributed by atoms with E-state index < -0.39 is 15.7 Å². The highest BCUT2D eigenvalue weighted by atomic mass is 32.2. The summed E-state index contributed by atoms with van der Waals surface area (Å²) >= 11 is 0. The first kappa shape index (κ1) is 14.0. The van der Waals surface area contributed by atoms with Gasteiger partial charge in [0.2, 0.25) is 9.84 Å². The normalized spacial score (nSPS) is 12.0. The Morgan fingerprint density at radius 3 is 2.17 bits per heavy atom. The zero-order valence-corrected chi connectivity index (χ0v) is 12.8. The van der Waals surface area contributed by atoms with Gasteiger partial charge in [0.1, 0.15) is 5.82 Å². The van der Waals surface area contributed by atoms with Crippen LogP contribution in [0.4, 0.5) is 4.39 Å². The van der Waals surface area contributed by atoms with Gasteiger partial charge in [0.05, 0.1) is 9.79 Å². The molecule has 0 atom stereocenters. The van der Waals surface area contributed by atoms with E-state index in [-0.39, 0.29) is 9.79 Å².